The van der Waals surface area contributed by atoms with Crippen LogP contribution in [0.25, 0.3) is 11.1 Å². The number of benzene rings is 2. The lowest BCUT2D eigenvalue weighted by atomic mass is 10.0. The fourth-order valence-corrected chi connectivity index (χ4v) is 3.04. The van der Waals surface area contributed by atoms with Gasteiger partial charge in [-0.25, -0.2) is 4.79 Å². The molecule has 0 N–H and O–H groups in total. The molecule has 5 nitrogen and oxygen atoms in total. The van der Waals surface area contributed by atoms with Gasteiger partial charge in [0.1, 0.15) is 6.54 Å². The molecule has 0 aliphatic heterocycles. The highest BCUT2D eigenvalue weighted by molar-refractivity contribution is 5.94. The van der Waals surface area contributed by atoms with E-state index in [1.54, 1.807) is 23.1 Å². The first kappa shape index (κ1) is 18.0. The number of para-hydroxylation sites is 2. The van der Waals surface area contributed by atoms with Crippen LogP contribution in [0.2, 0.25) is 0 Å². The number of rotatable bonds is 6. The molecule has 0 aliphatic rings. The normalized spacial score (nSPS) is 11.2. The number of nitrogens with zero attached hydrogens (tertiary/aromatic N) is 2. The molecule has 3 aromatic rings. The Morgan fingerprint density at radius 3 is 2.46 bits per heavy atom. The maximum absolute atomic E-state index is 12.9. The van der Waals surface area contributed by atoms with Gasteiger partial charge in [-0.15, -0.1) is 0 Å². The molecule has 1 heterocycles. The second-order valence-corrected chi connectivity index (χ2v) is 6.71. The van der Waals surface area contributed by atoms with E-state index in [4.69, 9.17) is 4.42 Å². The second-order valence-electron chi connectivity index (χ2n) is 6.71. The Hall–Kier alpha value is -2.82. The second kappa shape index (κ2) is 7.60. The average Bonchev–Trinajstić information content (AvgIpc) is 2.95. The minimum Gasteiger partial charge on any atom is -0.408 e. The van der Waals surface area contributed by atoms with Gasteiger partial charge in [-0.05, 0) is 42.2 Å². The van der Waals surface area contributed by atoms with Crippen LogP contribution in [0.1, 0.15) is 38.7 Å². The average molecular weight is 352 g/mol. The van der Waals surface area contributed by atoms with Gasteiger partial charge >= 0.3 is 5.76 Å². The number of anilines is 1. The van der Waals surface area contributed by atoms with E-state index in [2.05, 4.69) is 26.0 Å². The van der Waals surface area contributed by atoms with Crippen molar-refractivity contribution in [3.8, 4) is 0 Å². The maximum Gasteiger partial charge on any atom is 0.420 e. The largest absolute Gasteiger partial charge is 0.420 e. The van der Waals surface area contributed by atoms with Crippen LogP contribution in [0.5, 0.6) is 0 Å². The predicted molar refractivity (Wildman–Crippen MR) is 104 cm³/mol. The van der Waals surface area contributed by atoms with Gasteiger partial charge in [0.2, 0.25) is 5.91 Å². The topological polar surface area (TPSA) is 55.5 Å². The molecular weight excluding hydrogens is 328 g/mol. The number of hydrogen-bond acceptors (Lipinski definition) is 3. The van der Waals surface area contributed by atoms with E-state index in [0.717, 1.165) is 12.1 Å². The van der Waals surface area contributed by atoms with Crippen LogP contribution in [-0.2, 0) is 11.3 Å². The van der Waals surface area contributed by atoms with Crippen molar-refractivity contribution in [2.45, 2.75) is 39.7 Å². The summed E-state index contributed by atoms with van der Waals surface area (Å²) in [6.45, 7) is 6.87. The van der Waals surface area contributed by atoms with Crippen molar-refractivity contribution in [1.82, 2.24) is 4.57 Å². The monoisotopic (exact) mass is 352 g/mol. The molecule has 136 valence electrons. The molecule has 0 fully saturated rings. The van der Waals surface area contributed by atoms with Gasteiger partial charge < -0.3 is 9.32 Å². The number of aromatic nitrogens is 1. The molecule has 0 unspecified atom stereocenters. The molecule has 0 aliphatic carbocycles. The van der Waals surface area contributed by atoms with Gasteiger partial charge in [-0.3, -0.25) is 9.36 Å². The lowest BCUT2D eigenvalue weighted by Crippen LogP contribution is -2.36. The molecule has 0 saturated carbocycles. The van der Waals surface area contributed by atoms with Crippen molar-refractivity contribution in [2.24, 2.45) is 0 Å². The molecule has 0 atom stereocenters. The van der Waals surface area contributed by atoms with Gasteiger partial charge in [0.15, 0.2) is 5.58 Å². The van der Waals surface area contributed by atoms with Gasteiger partial charge in [0.25, 0.3) is 0 Å². The Morgan fingerprint density at radius 2 is 1.81 bits per heavy atom. The highest BCUT2D eigenvalue weighted by Gasteiger charge is 2.19. The molecule has 26 heavy (non-hydrogen) atoms. The number of fused-ring (bicyclic) bond motifs is 1. The van der Waals surface area contributed by atoms with Gasteiger partial charge in [0.05, 0.1) is 5.52 Å². The van der Waals surface area contributed by atoms with Crippen LogP contribution >= 0.6 is 0 Å². The Balaban J connectivity index is 1.89. The van der Waals surface area contributed by atoms with E-state index < -0.39 is 5.76 Å². The summed E-state index contributed by atoms with van der Waals surface area (Å²) in [4.78, 5) is 26.8. The van der Waals surface area contributed by atoms with Crippen molar-refractivity contribution in [2.75, 3.05) is 11.4 Å². The summed E-state index contributed by atoms with van der Waals surface area (Å²) in [6.07, 6.45) is 0.832. The van der Waals surface area contributed by atoms with Crippen LogP contribution < -0.4 is 10.7 Å². The van der Waals surface area contributed by atoms with Crippen LogP contribution in [0.4, 0.5) is 5.69 Å². The third-order valence-corrected chi connectivity index (χ3v) is 4.49. The molecular formula is C21H24N2O3. The summed E-state index contributed by atoms with van der Waals surface area (Å²) in [5.74, 6) is -0.195. The van der Waals surface area contributed by atoms with Crippen molar-refractivity contribution in [3.05, 3.63) is 64.6 Å². The maximum atomic E-state index is 12.9. The fourth-order valence-electron chi connectivity index (χ4n) is 3.04. The molecule has 5 heteroatoms. The quantitative estimate of drug-likeness (QED) is 0.669. The predicted octanol–water partition coefficient (Wildman–Crippen LogP) is 4.16. The van der Waals surface area contributed by atoms with Crippen LogP contribution in [-0.4, -0.2) is 17.0 Å². The summed E-state index contributed by atoms with van der Waals surface area (Å²) < 4.78 is 6.62. The zero-order chi connectivity index (χ0) is 18.7. The molecule has 0 spiro atoms. The first-order valence-electron chi connectivity index (χ1n) is 9.00. The standard InChI is InChI=1S/C21H24N2O3/c1-4-13-22(17-11-9-16(10-12-17)15(2)3)20(24)14-23-18-7-5-6-8-19(18)26-21(23)25/h5-12,15H,4,13-14H2,1-3H3. The van der Waals surface area contributed by atoms with Crippen LogP contribution in [0.15, 0.2) is 57.7 Å². The summed E-state index contributed by atoms with van der Waals surface area (Å²) in [6, 6.07) is 15.2. The van der Waals surface area contributed by atoms with E-state index in [1.165, 1.54) is 10.1 Å². The molecule has 3 rings (SSSR count). The van der Waals surface area contributed by atoms with Crippen molar-refractivity contribution in [3.63, 3.8) is 0 Å². The fraction of sp³-hybridized carbons (Fsp3) is 0.333. The number of oxazole rings is 1. The highest BCUT2D eigenvalue weighted by Crippen LogP contribution is 2.21. The van der Waals surface area contributed by atoms with E-state index in [9.17, 15) is 9.59 Å². The van der Waals surface area contributed by atoms with E-state index in [-0.39, 0.29) is 12.5 Å². The number of amides is 1. The van der Waals surface area contributed by atoms with Crippen molar-refractivity contribution < 1.29 is 9.21 Å². The number of carbonyl (C=O) groups excluding carboxylic acids is 1. The van der Waals surface area contributed by atoms with Gasteiger partial charge in [-0.1, -0.05) is 45.0 Å². The third-order valence-electron chi connectivity index (χ3n) is 4.49. The first-order valence-corrected chi connectivity index (χ1v) is 9.00. The molecule has 0 bridgehead atoms. The molecule has 0 radical (unpaired) electrons. The SMILES string of the molecule is CCCN(C(=O)Cn1c(=O)oc2ccccc21)c1ccc(C(C)C)cc1. The van der Waals surface area contributed by atoms with E-state index in [1.807, 2.05) is 25.1 Å². The summed E-state index contributed by atoms with van der Waals surface area (Å²) in [5, 5.41) is 0. The Morgan fingerprint density at radius 1 is 1.12 bits per heavy atom. The van der Waals surface area contributed by atoms with Gasteiger partial charge in [-0.2, -0.15) is 0 Å². The molecule has 2 aromatic carbocycles. The zero-order valence-corrected chi connectivity index (χ0v) is 15.4. The third kappa shape index (κ3) is 3.57. The Labute approximate surface area is 152 Å². The number of carbonyl (C=O) groups is 1. The van der Waals surface area contributed by atoms with E-state index in [0.29, 0.717) is 23.6 Å². The Bertz CT molecular complexity index is 951. The molecule has 1 amide bonds. The summed E-state index contributed by atoms with van der Waals surface area (Å²) in [5.41, 5.74) is 3.21. The van der Waals surface area contributed by atoms with Crippen molar-refractivity contribution in [1.29, 1.82) is 0 Å². The number of hydrogen-bond donors (Lipinski definition) is 0. The highest BCUT2D eigenvalue weighted by atomic mass is 16.4. The Kier molecular flexibility index (Phi) is 5.26. The smallest absolute Gasteiger partial charge is 0.408 e. The summed E-state index contributed by atoms with van der Waals surface area (Å²) >= 11 is 0. The lowest BCUT2D eigenvalue weighted by Gasteiger charge is -2.23. The minimum atomic E-state index is -0.508. The molecule has 0 saturated heterocycles. The van der Waals surface area contributed by atoms with Crippen LogP contribution in [0, 0.1) is 0 Å². The lowest BCUT2D eigenvalue weighted by molar-refractivity contribution is -0.119. The van der Waals surface area contributed by atoms with Crippen molar-refractivity contribution >= 4 is 22.7 Å². The summed E-state index contributed by atoms with van der Waals surface area (Å²) in [7, 11) is 0. The first-order chi connectivity index (χ1) is 12.5. The minimum absolute atomic E-state index is 0.0399. The van der Waals surface area contributed by atoms with E-state index >= 15 is 0 Å². The van der Waals surface area contributed by atoms with Gasteiger partial charge in [0, 0.05) is 12.2 Å². The molecule has 1 aromatic heterocycles. The zero-order valence-electron chi connectivity index (χ0n) is 15.4. The van der Waals surface area contributed by atoms with Crippen LogP contribution in [0.3, 0.4) is 0 Å².